The van der Waals surface area contributed by atoms with Gasteiger partial charge in [0.05, 0.1) is 6.04 Å². The minimum Gasteiger partial charge on any atom is -0.466 e. The lowest BCUT2D eigenvalue weighted by atomic mass is 10.1. The van der Waals surface area contributed by atoms with Crippen LogP contribution in [0.1, 0.15) is 30.0 Å². The second kappa shape index (κ2) is 3.79. The molecule has 4 heteroatoms. The number of nitrogens with two attached hydrogens (primary N) is 1. The first-order valence-electron chi connectivity index (χ1n) is 4.13. The molecule has 3 nitrogen and oxygen atoms in total. The summed E-state index contributed by atoms with van der Waals surface area (Å²) in [5.74, 6) is 1.82. The molecule has 3 N–H and O–H groups in total. The number of hydrogen-bond donors (Lipinski definition) is 2. The smallest absolute Gasteiger partial charge is 0.164 e. The minimum atomic E-state index is 0.106. The van der Waals surface area contributed by atoms with Crippen LogP contribution >= 0.6 is 12.2 Å². The normalized spacial score (nSPS) is 12.5. The fourth-order valence-electron chi connectivity index (χ4n) is 1.37. The molecule has 13 heavy (non-hydrogen) atoms. The number of thiocarbonyl (C=S) groups is 1. The first-order chi connectivity index (χ1) is 6.00. The highest BCUT2D eigenvalue weighted by Crippen LogP contribution is 2.20. The van der Waals surface area contributed by atoms with Gasteiger partial charge in [-0.15, -0.1) is 0 Å². The molecule has 0 aliphatic carbocycles. The molecule has 1 unspecified atom stereocenters. The molecule has 1 heterocycles. The van der Waals surface area contributed by atoms with E-state index in [0.717, 1.165) is 17.1 Å². The lowest BCUT2D eigenvalue weighted by molar-refractivity contribution is 0.497. The molecule has 0 saturated carbocycles. The third-order valence-electron chi connectivity index (χ3n) is 1.90. The van der Waals surface area contributed by atoms with Crippen LogP contribution in [0.15, 0.2) is 10.5 Å². The van der Waals surface area contributed by atoms with Gasteiger partial charge in [0, 0.05) is 5.56 Å². The van der Waals surface area contributed by atoms with E-state index in [9.17, 15) is 0 Å². The molecule has 0 radical (unpaired) electrons. The van der Waals surface area contributed by atoms with Gasteiger partial charge in [-0.1, -0.05) is 0 Å². The number of aryl methyl sites for hydroxylation is 2. The lowest BCUT2D eigenvalue weighted by Gasteiger charge is -2.12. The van der Waals surface area contributed by atoms with Crippen LogP contribution in [0, 0.1) is 13.8 Å². The van der Waals surface area contributed by atoms with E-state index in [1.165, 1.54) is 0 Å². The van der Waals surface area contributed by atoms with Crippen molar-refractivity contribution in [2.45, 2.75) is 26.8 Å². The first-order valence-corrected chi connectivity index (χ1v) is 4.54. The Labute approximate surface area is 83.3 Å². The van der Waals surface area contributed by atoms with Crippen LogP contribution in [-0.2, 0) is 0 Å². The number of hydrogen-bond acceptors (Lipinski definition) is 2. The zero-order valence-corrected chi connectivity index (χ0v) is 8.87. The molecule has 1 rings (SSSR count). The third-order valence-corrected chi connectivity index (χ3v) is 2.02. The molecule has 0 fully saturated rings. The molecule has 0 aliphatic heterocycles. The lowest BCUT2D eigenvalue weighted by Crippen LogP contribution is -2.31. The summed E-state index contributed by atoms with van der Waals surface area (Å²) in [6.45, 7) is 5.85. The molecular formula is C9H14N2OS. The highest BCUT2D eigenvalue weighted by molar-refractivity contribution is 7.80. The van der Waals surface area contributed by atoms with Gasteiger partial charge in [0.15, 0.2) is 5.11 Å². The SMILES string of the molecule is Cc1cc(C(C)NC(N)=S)c(C)o1. The van der Waals surface area contributed by atoms with Crippen molar-refractivity contribution in [2.24, 2.45) is 5.73 Å². The fraction of sp³-hybridized carbons (Fsp3) is 0.444. The van der Waals surface area contributed by atoms with E-state index < -0.39 is 0 Å². The topological polar surface area (TPSA) is 51.2 Å². The summed E-state index contributed by atoms with van der Waals surface area (Å²) in [5.41, 5.74) is 6.48. The molecule has 1 aromatic rings. The Balaban J connectivity index is 2.81. The molecule has 1 aromatic heterocycles. The van der Waals surface area contributed by atoms with E-state index >= 15 is 0 Å². The van der Waals surface area contributed by atoms with Crippen LogP contribution in [0.2, 0.25) is 0 Å². The van der Waals surface area contributed by atoms with Crippen molar-refractivity contribution in [3.05, 3.63) is 23.2 Å². The summed E-state index contributed by atoms with van der Waals surface area (Å²) in [5, 5.41) is 3.27. The van der Waals surface area contributed by atoms with Gasteiger partial charge in [-0.2, -0.15) is 0 Å². The van der Waals surface area contributed by atoms with Gasteiger partial charge in [0.1, 0.15) is 11.5 Å². The van der Waals surface area contributed by atoms with E-state index in [-0.39, 0.29) is 6.04 Å². The molecule has 0 saturated heterocycles. The Bertz CT molecular complexity index is 319. The zero-order chi connectivity index (χ0) is 10.0. The van der Waals surface area contributed by atoms with E-state index in [0.29, 0.717) is 5.11 Å². The zero-order valence-electron chi connectivity index (χ0n) is 8.05. The number of rotatable bonds is 2. The Morgan fingerprint density at radius 3 is 2.62 bits per heavy atom. The van der Waals surface area contributed by atoms with E-state index in [1.54, 1.807) is 0 Å². The van der Waals surface area contributed by atoms with Crippen LogP contribution < -0.4 is 11.1 Å². The summed E-state index contributed by atoms with van der Waals surface area (Å²) >= 11 is 4.76. The van der Waals surface area contributed by atoms with Crippen molar-refractivity contribution in [2.75, 3.05) is 0 Å². The van der Waals surface area contributed by atoms with Gasteiger partial charge in [-0.3, -0.25) is 0 Å². The maximum absolute atomic E-state index is 5.39. The minimum absolute atomic E-state index is 0.106. The monoisotopic (exact) mass is 198 g/mol. The van der Waals surface area contributed by atoms with Crippen molar-refractivity contribution in [3.63, 3.8) is 0 Å². The van der Waals surface area contributed by atoms with Crippen molar-refractivity contribution in [3.8, 4) is 0 Å². The van der Waals surface area contributed by atoms with Gasteiger partial charge < -0.3 is 15.5 Å². The molecule has 72 valence electrons. The first kappa shape index (κ1) is 10.1. The third kappa shape index (κ3) is 2.45. The maximum atomic E-state index is 5.39. The summed E-state index contributed by atoms with van der Waals surface area (Å²) in [7, 11) is 0. The van der Waals surface area contributed by atoms with Gasteiger partial charge in [-0.05, 0) is 39.1 Å². The predicted molar refractivity (Wildman–Crippen MR) is 56.5 cm³/mol. The van der Waals surface area contributed by atoms with Crippen LogP contribution in [-0.4, -0.2) is 5.11 Å². The number of furan rings is 1. The van der Waals surface area contributed by atoms with Gasteiger partial charge >= 0.3 is 0 Å². The van der Waals surface area contributed by atoms with Crippen LogP contribution in [0.3, 0.4) is 0 Å². The molecule has 1 atom stereocenters. The second-order valence-corrected chi connectivity index (χ2v) is 3.54. The van der Waals surface area contributed by atoms with Crippen molar-refractivity contribution in [1.29, 1.82) is 0 Å². The highest BCUT2D eigenvalue weighted by Gasteiger charge is 2.12. The Morgan fingerprint density at radius 1 is 1.62 bits per heavy atom. The summed E-state index contributed by atoms with van der Waals surface area (Å²) in [6.07, 6.45) is 0. The standard InChI is InChI=1S/C9H14N2OS/c1-5-4-8(7(3)12-5)6(2)11-9(10)13/h4,6H,1-3H3,(H3,10,11,13). The molecular weight excluding hydrogens is 184 g/mol. The molecule has 0 bridgehead atoms. The number of nitrogens with one attached hydrogen (secondary N) is 1. The molecule has 0 aliphatic rings. The summed E-state index contributed by atoms with van der Waals surface area (Å²) in [6, 6.07) is 2.10. The van der Waals surface area contributed by atoms with E-state index in [1.807, 2.05) is 26.8 Å². The maximum Gasteiger partial charge on any atom is 0.164 e. The summed E-state index contributed by atoms with van der Waals surface area (Å²) < 4.78 is 5.39. The van der Waals surface area contributed by atoms with E-state index in [4.69, 9.17) is 22.4 Å². The van der Waals surface area contributed by atoms with Gasteiger partial charge in [0.2, 0.25) is 0 Å². The fourth-order valence-corrected chi connectivity index (χ4v) is 1.55. The molecule has 0 aromatic carbocycles. The molecule has 0 amide bonds. The second-order valence-electron chi connectivity index (χ2n) is 3.10. The van der Waals surface area contributed by atoms with Crippen molar-refractivity contribution in [1.82, 2.24) is 5.32 Å². The highest BCUT2D eigenvalue weighted by atomic mass is 32.1. The average Bonchev–Trinajstić information content (AvgIpc) is 2.28. The van der Waals surface area contributed by atoms with Crippen molar-refractivity contribution >= 4 is 17.3 Å². The predicted octanol–water partition coefficient (Wildman–Crippen LogP) is 1.79. The Hall–Kier alpha value is -1.03. The summed E-state index contributed by atoms with van der Waals surface area (Å²) in [4.78, 5) is 0. The Morgan fingerprint density at radius 2 is 2.23 bits per heavy atom. The van der Waals surface area contributed by atoms with Crippen molar-refractivity contribution < 1.29 is 4.42 Å². The van der Waals surface area contributed by atoms with Crippen LogP contribution in [0.4, 0.5) is 0 Å². The Kier molecular flexibility index (Phi) is 2.93. The van der Waals surface area contributed by atoms with Gasteiger partial charge in [0.25, 0.3) is 0 Å². The van der Waals surface area contributed by atoms with Crippen LogP contribution in [0.5, 0.6) is 0 Å². The van der Waals surface area contributed by atoms with Crippen LogP contribution in [0.25, 0.3) is 0 Å². The quantitative estimate of drug-likeness (QED) is 0.711. The average molecular weight is 198 g/mol. The molecule has 0 spiro atoms. The van der Waals surface area contributed by atoms with E-state index in [2.05, 4.69) is 5.32 Å². The van der Waals surface area contributed by atoms with Gasteiger partial charge in [-0.25, -0.2) is 0 Å². The largest absolute Gasteiger partial charge is 0.466 e.